The van der Waals surface area contributed by atoms with Gasteiger partial charge in [-0.2, -0.15) is 0 Å². The number of pyridine rings is 1. The Morgan fingerprint density at radius 2 is 1.79 bits per heavy atom. The second kappa shape index (κ2) is 9.73. The van der Waals surface area contributed by atoms with Crippen molar-refractivity contribution in [2.75, 3.05) is 20.1 Å². The van der Waals surface area contributed by atoms with Gasteiger partial charge >= 0.3 is 0 Å². The number of halogens is 1. The van der Waals surface area contributed by atoms with Gasteiger partial charge in [0.1, 0.15) is 5.82 Å². The summed E-state index contributed by atoms with van der Waals surface area (Å²) >= 11 is 0. The molecule has 3 N–H and O–H groups in total. The molecule has 0 spiro atoms. The number of benzene rings is 1. The lowest BCUT2D eigenvalue weighted by Crippen LogP contribution is -2.39. The lowest BCUT2D eigenvalue weighted by molar-refractivity contribution is 0.756. The predicted molar refractivity (Wildman–Crippen MR) is 128 cm³/mol. The average Bonchev–Trinajstić information content (AvgIpc) is 3.27. The Balaban J connectivity index is 0.00000240. The molecule has 0 saturated carbocycles. The molecule has 0 radical (unpaired) electrons. The van der Waals surface area contributed by atoms with Crippen molar-refractivity contribution in [3.8, 4) is 0 Å². The van der Waals surface area contributed by atoms with Gasteiger partial charge in [0.05, 0.1) is 0 Å². The minimum atomic E-state index is 0. The van der Waals surface area contributed by atoms with Gasteiger partial charge in [0.25, 0.3) is 0 Å². The van der Waals surface area contributed by atoms with Crippen molar-refractivity contribution < 1.29 is 0 Å². The topological polar surface area (TPSA) is 82.4 Å². The molecule has 152 valence electrons. The Kier molecular flexibility index (Phi) is 7.08. The molecule has 0 saturated heterocycles. The number of aromatic amines is 1. The number of aromatic nitrogens is 4. The summed E-state index contributed by atoms with van der Waals surface area (Å²) < 4.78 is 2.01. The highest BCUT2D eigenvalue weighted by atomic mass is 127. The largest absolute Gasteiger partial charge is 0.358 e. The average molecular weight is 503 g/mol. The number of hydrogen-bond acceptors (Lipinski definition) is 3. The normalized spacial score (nSPS) is 11.6. The third-order valence-electron chi connectivity index (χ3n) is 4.94. The van der Waals surface area contributed by atoms with Gasteiger partial charge in [-0.3, -0.25) is 9.39 Å². The van der Waals surface area contributed by atoms with Gasteiger partial charge in [-0.1, -0.05) is 24.3 Å². The van der Waals surface area contributed by atoms with Gasteiger partial charge in [0, 0.05) is 49.4 Å². The summed E-state index contributed by atoms with van der Waals surface area (Å²) in [5.74, 6) is 1.74. The summed E-state index contributed by atoms with van der Waals surface area (Å²) in [6, 6.07) is 14.3. The number of fused-ring (bicyclic) bond motifs is 2. The quantitative estimate of drug-likeness (QED) is 0.215. The van der Waals surface area contributed by atoms with E-state index in [1.54, 1.807) is 7.05 Å². The van der Waals surface area contributed by atoms with Crippen LogP contribution >= 0.6 is 24.0 Å². The number of nitrogens with zero attached hydrogens (tertiary/aromatic N) is 4. The SMILES string of the molecule is CN=C(NCCc1c(C)[nH]c2ccccc12)NCCc1nnc2ccccn12.I. The second-order valence-corrected chi connectivity index (χ2v) is 6.74. The van der Waals surface area contributed by atoms with Crippen LogP contribution in [-0.2, 0) is 12.8 Å². The Hall–Kier alpha value is -2.62. The number of hydrogen-bond donors (Lipinski definition) is 3. The Bertz CT molecular complexity index is 1110. The number of aryl methyl sites for hydroxylation is 1. The van der Waals surface area contributed by atoms with Crippen molar-refractivity contribution in [2.45, 2.75) is 19.8 Å². The van der Waals surface area contributed by atoms with E-state index in [2.05, 4.69) is 62.0 Å². The van der Waals surface area contributed by atoms with Crippen LogP contribution in [0.2, 0.25) is 0 Å². The van der Waals surface area contributed by atoms with Gasteiger partial charge in [0.15, 0.2) is 11.6 Å². The monoisotopic (exact) mass is 503 g/mol. The fraction of sp³-hybridized carbons (Fsp3) is 0.286. The number of H-pyrrole nitrogens is 1. The standard InChI is InChI=1S/C21H25N7.HI/c1-15-16(17-7-3-4-8-18(17)25-15)10-12-23-21(22-2)24-13-11-20-27-26-19-9-5-6-14-28(19)20;/h3-9,14,25H,10-13H2,1-2H3,(H2,22,23,24);1H. The first kappa shape index (κ1) is 21.1. The summed E-state index contributed by atoms with van der Waals surface area (Å²) in [5.41, 5.74) is 4.64. The summed E-state index contributed by atoms with van der Waals surface area (Å²) in [6.45, 7) is 3.68. The van der Waals surface area contributed by atoms with Gasteiger partial charge in [-0.25, -0.2) is 0 Å². The molecular formula is C21H26IN7. The third-order valence-corrected chi connectivity index (χ3v) is 4.94. The van der Waals surface area contributed by atoms with Crippen LogP contribution in [0.15, 0.2) is 53.7 Å². The summed E-state index contributed by atoms with van der Waals surface area (Å²) in [4.78, 5) is 7.77. The Morgan fingerprint density at radius 3 is 2.62 bits per heavy atom. The number of rotatable bonds is 6. The van der Waals surface area contributed by atoms with Crippen LogP contribution < -0.4 is 10.6 Å². The summed E-state index contributed by atoms with van der Waals surface area (Å²) in [6.07, 6.45) is 3.69. The molecule has 7 nitrogen and oxygen atoms in total. The fourth-order valence-corrected chi connectivity index (χ4v) is 3.54. The smallest absolute Gasteiger partial charge is 0.191 e. The van der Waals surface area contributed by atoms with Gasteiger partial charge < -0.3 is 15.6 Å². The zero-order valence-corrected chi connectivity index (χ0v) is 19.0. The van der Waals surface area contributed by atoms with E-state index < -0.39 is 0 Å². The zero-order valence-electron chi connectivity index (χ0n) is 16.6. The maximum absolute atomic E-state index is 4.32. The van der Waals surface area contributed by atoms with Crippen LogP contribution in [0.5, 0.6) is 0 Å². The van der Waals surface area contributed by atoms with Crippen LogP contribution in [0.3, 0.4) is 0 Å². The molecule has 0 fully saturated rings. The highest BCUT2D eigenvalue weighted by molar-refractivity contribution is 14.0. The number of guanidine groups is 1. The second-order valence-electron chi connectivity index (χ2n) is 6.74. The van der Waals surface area contributed by atoms with Crippen LogP contribution in [0.1, 0.15) is 17.1 Å². The molecule has 0 aliphatic rings. The predicted octanol–water partition coefficient (Wildman–Crippen LogP) is 3.09. The first-order chi connectivity index (χ1) is 13.8. The first-order valence-electron chi connectivity index (χ1n) is 9.55. The van der Waals surface area contributed by atoms with Crippen LogP contribution in [-0.4, -0.2) is 45.7 Å². The molecule has 29 heavy (non-hydrogen) atoms. The van der Waals surface area contributed by atoms with E-state index in [4.69, 9.17) is 0 Å². The maximum atomic E-state index is 4.32. The molecule has 1 aromatic carbocycles. The maximum Gasteiger partial charge on any atom is 0.191 e. The molecule has 0 unspecified atom stereocenters. The molecule has 0 bridgehead atoms. The minimum absolute atomic E-state index is 0. The van der Waals surface area contributed by atoms with E-state index in [9.17, 15) is 0 Å². The Morgan fingerprint density at radius 1 is 1.03 bits per heavy atom. The highest BCUT2D eigenvalue weighted by Gasteiger charge is 2.08. The number of nitrogens with one attached hydrogen (secondary N) is 3. The van der Waals surface area contributed by atoms with Crippen molar-refractivity contribution in [1.29, 1.82) is 0 Å². The molecule has 4 rings (SSSR count). The molecule has 0 aliphatic carbocycles. The van der Waals surface area contributed by atoms with E-state index in [0.29, 0.717) is 0 Å². The van der Waals surface area contributed by atoms with E-state index in [0.717, 1.165) is 43.4 Å². The molecule has 0 amide bonds. The molecule has 0 aliphatic heterocycles. The van der Waals surface area contributed by atoms with Crippen molar-refractivity contribution in [2.24, 2.45) is 4.99 Å². The van der Waals surface area contributed by atoms with Crippen molar-refractivity contribution in [3.63, 3.8) is 0 Å². The van der Waals surface area contributed by atoms with Crippen molar-refractivity contribution in [3.05, 3.63) is 65.7 Å². The van der Waals surface area contributed by atoms with Gasteiger partial charge in [0.2, 0.25) is 0 Å². The summed E-state index contributed by atoms with van der Waals surface area (Å²) in [5, 5.41) is 16.5. The Labute approximate surface area is 187 Å². The molecule has 3 aromatic heterocycles. The third kappa shape index (κ3) is 4.69. The number of aliphatic imine (C=N–C) groups is 1. The van der Waals surface area contributed by atoms with Crippen LogP contribution in [0, 0.1) is 6.92 Å². The van der Waals surface area contributed by atoms with E-state index in [-0.39, 0.29) is 24.0 Å². The molecule has 0 atom stereocenters. The first-order valence-corrected chi connectivity index (χ1v) is 9.55. The fourth-order valence-electron chi connectivity index (χ4n) is 3.54. The van der Waals surface area contributed by atoms with Crippen LogP contribution in [0.25, 0.3) is 16.6 Å². The molecule has 8 heteroatoms. The van der Waals surface area contributed by atoms with E-state index in [1.165, 1.54) is 22.2 Å². The lowest BCUT2D eigenvalue weighted by Gasteiger charge is -2.11. The lowest BCUT2D eigenvalue weighted by atomic mass is 10.1. The van der Waals surface area contributed by atoms with Crippen LogP contribution in [0.4, 0.5) is 0 Å². The zero-order chi connectivity index (χ0) is 19.3. The van der Waals surface area contributed by atoms with Gasteiger partial charge in [-0.15, -0.1) is 34.2 Å². The van der Waals surface area contributed by atoms with Crippen molar-refractivity contribution in [1.82, 2.24) is 30.2 Å². The molecule has 3 heterocycles. The highest BCUT2D eigenvalue weighted by Crippen LogP contribution is 2.21. The van der Waals surface area contributed by atoms with E-state index in [1.807, 2.05) is 28.8 Å². The van der Waals surface area contributed by atoms with E-state index >= 15 is 0 Å². The number of para-hydroxylation sites is 1. The molecular weight excluding hydrogens is 477 g/mol. The molecule has 4 aromatic rings. The van der Waals surface area contributed by atoms with Crippen molar-refractivity contribution >= 4 is 46.5 Å². The summed E-state index contributed by atoms with van der Waals surface area (Å²) in [7, 11) is 1.79. The van der Waals surface area contributed by atoms with Gasteiger partial charge in [-0.05, 0) is 37.1 Å². The minimum Gasteiger partial charge on any atom is -0.358 e.